The Kier molecular flexibility index (Phi) is 7.64. The van der Waals surface area contributed by atoms with Gasteiger partial charge in [-0.2, -0.15) is 16.5 Å². The van der Waals surface area contributed by atoms with E-state index in [1.54, 1.807) is 0 Å². The fourth-order valence-corrected chi connectivity index (χ4v) is 5.03. The van der Waals surface area contributed by atoms with Crippen molar-refractivity contribution in [2.45, 2.75) is 23.9 Å². The van der Waals surface area contributed by atoms with Crippen LogP contribution in [0, 0.1) is 5.82 Å². The number of rotatable bonds is 10. The van der Waals surface area contributed by atoms with Crippen molar-refractivity contribution in [3.8, 4) is 10.8 Å². The van der Waals surface area contributed by atoms with Crippen molar-refractivity contribution in [2.24, 2.45) is 0 Å². The van der Waals surface area contributed by atoms with Gasteiger partial charge in [0.25, 0.3) is 0 Å². The van der Waals surface area contributed by atoms with Crippen LogP contribution < -0.4 is 10.0 Å². The Morgan fingerprint density at radius 2 is 2.10 bits per heavy atom. The van der Waals surface area contributed by atoms with Crippen LogP contribution in [0.1, 0.15) is 12.1 Å². The van der Waals surface area contributed by atoms with Gasteiger partial charge in [-0.3, -0.25) is 4.79 Å². The molecule has 0 aliphatic carbocycles. The molecule has 2 heterocycles. The van der Waals surface area contributed by atoms with E-state index in [4.69, 9.17) is 4.42 Å². The number of oxazole rings is 1. The largest absolute Gasteiger partial charge is 0.443 e. The molecule has 0 bridgehead atoms. The van der Waals surface area contributed by atoms with Crippen molar-refractivity contribution in [1.82, 2.24) is 15.0 Å². The Balaban J connectivity index is 1.67. The van der Waals surface area contributed by atoms with Gasteiger partial charge in [-0.05, 0) is 42.0 Å². The molecule has 0 radical (unpaired) electrons. The van der Waals surface area contributed by atoms with E-state index < -0.39 is 32.7 Å². The van der Waals surface area contributed by atoms with Crippen LogP contribution in [-0.2, 0) is 21.4 Å². The van der Waals surface area contributed by atoms with Crippen molar-refractivity contribution in [2.75, 3.05) is 12.0 Å². The quantitative estimate of drug-likeness (QED) is 0.473. The third kappa shape index (κ3) is 5.69. The summed E-state index contributed by atoms with van der Waals surface area (Å²) in [6.45, 7) is 0.0743. The molecule has 0 fully saturated rings. The van der Waals surface area contributed by atoms with Crippen LogP contribution in [-0.4, -0.2) is 37.4 Å². The number of sulfonamides is 1. The van der Waals surface area contributed by atoms with Crippen LogP contribution in [0.3, 0.4) is 0 Å². The molecule has 0 aliphatic heterocycles. The topological polar surface area (TPSA) is 101 Å². The number of thioether (sulfide) groups is 1. The lowest BCUT2D eigenvalue weighted by molar-refractivity contribution is -0.122. The molecule has 11 heteroatoms. The molecule has 3 aromatic rings. The number of thiophene rings is 1. The molecule has 160 valence electrons. The SMILES string of the molecule is CSCC[C@H](NS(=O)(=O)c1ccccc1F)C(=O)NCc1coc(-c2cccs2)n1. The van der Waals surface area contributed by atoms with Crippen molar-refractivity contribution in [3.63, 3.8) is 0 Å². The average Bonchev–Trinajstić information content (AvgIpc) is 3.41. The van der Waals surface area contributed by atoms with Gasteiger partial charge in [-0.1, -0.05) is 18.2 Å². The van der Waals surface area contributed by atoms with Crippen LogP contribution in [0.15, 0.2) is 57.4 Å². The summed E-state index contributed by atoms with van der Waals surface area (Å²) >= 11 is 2.95. The lowest BCUT2D eigenvalue weighted by Gasteiger charge is -2.18. The molecular weight excluding hydrogens is 449 g/mol. The molecule has 1 amide bonds. The third-order valence-corrected chi connectivity index (χ3v) is 7.08. The minimum Gasteiger partial charge on any atom is -0.443 e. The maximum Gasteiger partial charge on any atom is 0.244 e. The highest BCUT2D eigenvalue weighted by Gasteiger charge is 2.27. The molecule has 30 heavy (non-hydrogen) atoms. The van der Waals surface area contributed by atoms with E-state index >= 15 is 0 Å². The number of amides is 1. The van der Waals surface area contributed by atoms with E-state index in [1.807, 2.05) is 23.8 Å². The molecule has 1 atom stereocenters. The minimum absolute atomic E-state index is 0.0743. The minimum atomic E-state index is -4.20. The normalized spacial score (nSPS) is 12.6. The zero-order chi connectivity index (χ0) is 21.6. The number of hydrogen-bond donors (Lipinski definition) is 2. The predicted octanol–water partition coefficient (Wildman–Crippen LogP) is 3.26. The second kappa shape index (κ2) is 10.2. The number of benzene rings is 1. The molecule has 1 aromatic carbocycles. The number of nitrogens with zero attached hydrogens (tertiary/aromatic N) is 1. The van der Waals surface area contributed by atoms with E-state index in [0.29, 0.717) is 17.3 Å². The van der Waals surface area contributed by atoms with E-state index in [2.05, 4.69) is 15.0 Å². The first-order valence-electron chi connectivity index (χ1n) is 8.92. The summed E-state index contributed by atoms with van der Waals surface area (Å²) in [7, 11) is -4.20. The van der Waals surface area contributed by atoms with Gasteiger partial charge < -0.3 is 9.73 Å². The van der Waals surface area contributed by atoms with E-state index in [1.165, 1.54) is 41.5 Å². The fourth-order valence-electron chi connectivity index (χ4n) is 2.60. The smallest absolute Gasteiger partial charge is 0.244 e. The standard InChI is InChI=1S/C19H20FN3O4S3/c1-28-10-8-15(23-30(25,26)17-7-3-2-5-14(17)20)18(24)21-11-13-12-27-19(22-13)16-6-4-9-29-16/h2-7,9,12,15,23H,8,10-11H2,1H3,(H,21,24)/t15-/m0/s1. The Bertz CT molecular complexity index is 1080. The van der Waals surface area contributed by atoms with E-state index in [9.17, 15) is 17.6 Å². The number of halogens is 1. The summed E-state index contributed by atoms with van der Waals surface area (Å²) in [5.41, 5.74) is 0.507. The molecule has 0 saturated carbocycles. The van der Waals surface area contributed by atoms with E-state index in [0.717, 1.165) is 17.0 Å². The maximum absolute atomic E-state index is 13.9. The zero-order valence-corrected chi connectivity index (χ0v) is 18.4. The summed E-state index contributed by atoms with van der Waals surface area (Å²) in [6.07, 6.45) is 3.54. The highest BCUT2D eigenvalue weighted by atomic mass is 32.2. The molecule has 7 nitrogen and oxygen atoms in total. The zero-order valence-electron chi connectivity index (χ0n) is 16.0. The number of carbonyl (C=O) groups excluding carboxylic acids is 1. The first-order valence-corrected chi connectivity index (χ1v) is 12.7. The molecule has 0 spiro atoms. The molecule has 2 N–H and O–H groups in total. The van der Waals surface area contributed by atoms with Gasteiger partial charge >= 0.3 is 0 Å². The molecule has 2 aromatic heterocycles. The summed E-state index contributed by atoms with van der Waals surface area (Å²) in [5, 5.41) is 4.57. The van der Waals surface area contributed by atoms with Crippen LogP contribution in [0.25, 0.3) is 10.8 Å². The van der Waals surface area contributed by atoms with Gasteiger partial charge in [0, 0.05) is 0 Å². The Labute approximate surface area is 182 Å². The van der Waals surface area contributed by atoms with Crippen LogP contribution in [0.5, 0.6) is 0 Å². The number of hydrogen-bond acceptors (Lipinski definition) is 7. The second-order valence-electron chi connectivity index (χ2n) is 6.22. The van der Waals surface area contributed by atoms with Gasteiger partial charge in [0.2, 0.25) is 21.8 Å². The summed E-state index contributed by atoms with van der Waals surface area (Å²) in [4.78, 5) is 17.3. The molecule has 0 saturated heterocycles. The van der Waals surface area contributed by atoms with Gasteiger partial charge in [-0.25, -0.2) is 17.8 Å². The van der Waals surface area contributed by atoms with Crippen molar-refractivity contribution >= 4 is 39.0 Å². The third-order valence-electron chi connectivity index (χ3n) is 4.08. The van der Waals surface area contributed by atoms with Crippen molar-refractivity contribution < 1.29 is 22.0 Å². The Morgan fingerprint density at radius 3 is 2.80 bits per heavy atom. The van der Waals surface area contributed by atoms with Crippen molar-refractivity contribution in [3.05, 3.63) is 59.6 Å². The predicted molar refractivity (Wildman–Crippen MR) is 115 cm³/mol. The summed E-state index contributed by atoms with van der Waals surface area (Å²) in [6, 6.07) is 7.73. The van der Waals surface area contributed by atoms with Gasteiger partial charge in [-0.15, -0.1) is 11.3 Å². The monoisotopic (exact) mass is 469 g/mol. The Morgan fingerprint density at radius 1 is 1.30 bits per heavy atom. The van der Waals surface area contributed by atoms with Crippen molar-refractivity contribution in [1.29, 1.82) is 0 Å². The fraction of sp³-hybridized carbons (Fsp3) is 0.263. The van der Waals surface area contributed by atoms with Gasteiger partial charge in [0.05, 0.1) is 17.1 Å². The lowest BCUT2D eigenvalue weighted by atomic mass is 10.2. The van der Waals surface area contributed by atoms with Gasteiger partial charge in [0.15, 0.2) is 0 Å². The summed E-state index contributed by atoms with van der Waals surface area (Å²) < 4.78 is 46.8. The number of nitrogens with one attached hydrogen (secondary N) is 2. The van der Waals surface area contributed by atoms with E-state index in [-0.39, 0.29) is 13.0 Å². The van der Waals surface area contributed by atoms with Crippen LogP contribution in [0.2, 0.25) is 0 Å². The summed E-state index contributed by atoms with van der Waals surface area (Å²) in [5.74, 6) is -0.402. The Hall–Kier alpha value is -2.21. The lowest BCUT2D eigenvalue weighted by Crippen LogP contribution is -2.47. The molecule has 3 rings (SSSR count). The number of carbonyl (C=O) groups is 1. The molecule has 0 aliphatic rings. The second-order valence-corrected chi connectivity index (χ2v) is 9.84. The molecular formula is C19H20FN3O4S3. The average molecular weight is 470 g/mol. The number of aromatic nitrogens is 1. The maximum atomic E-state index is 13.9. The highest BCUT2D eigenvalue weighted by molar-refractivity contribution is 7.98. The van der Waals surface area contributed by atoms with Crippen LogP contribution in [0.4, 0.5) is 4.39 Å². The van der Waals surface area contributed by atoms with Gasteiger partial charge in [0.1, 0.15) is 23.0 Å². The molecule has 0 unspecified atom stereocenters. The first kappa shape index (κ1) is 22.5. The first-order chi connectivity index (χ1) is 14.4. The highest BCUT2D eigenvalue weighted by Crippen LogP contribution is 2.23. The van der Waals surface area contributed by atoms with Crippen LogP contribution >= 0.6 is 23.1 Å².